The number of halogens is 2. The van der Waals surface area contributed by atoms with Crippen LogP contribution in [0, 0.1) is 18.6 Å². The summed E-state index contributed by atoms with van der Waals surface area (Å²) in [6, 6.07) is 10.7. The zero-order valence-corrected chi connectivity index (χ0v) is 10.6. The molecule has 0 aromatic heterocycles. The van der Waals surface area contributed by atoms with Crippen molar-refractivity contribution in [2.45, 2.75) is 13.0 Å². The first kappa shape index (κ1) is 13.5. The lowest BCUT2D eigenvalue weighted by atomic mass is 10.1. The van der Waals surface area contributed by atoms with Crippen LogP contribution in [0.15, 0.2) is 42.5 Å². The molecule has 0 saturated carbocycles. The minimum atomic E-state index is -0.671. The van der Waals surface area contributed by atoms with Crippen molar-refractivity contribution in [3.05, 3.63) is 65.2 Å². The van der Waals surface area contributed by atoms with Crippen LogP contribution in [-0.2, 0) is 0 Å². The van der Waals surface area contributed by atoms with Crippen molar-refractivity contribution >= 4 is 0 Å². The number of nitrogens with two attached hydrogens (primary N) is 1. The predicted octanol–water partition coefficient (Wildman–Crippen LogP) is 3.35. The van der Waals surface area contributed by atoms with Gasteiger partial charge in [0.05, 0.1) is 0 Å². The molecule has 0 heterocycles. The van der Waals surface area contributed by atoms with Crippen molar-refractivity contribution in [1.82, 2.24) is 0 Å². The summed E-state index contributed by atoms with van der Waals surface area (Å²) < 4.78 is 31.8. The lowest BCUT2D eigenvalue weighted by Gasteiger charge is -2.18. The van der Waals surface area contributed by atoms with Crippen molar-refractivity contribution in [2.24, 2.45) is 5.73 Å². The van der Waals surface area contributed by atoms with E-state index in [1.165, 1.54) is 0 Å². The fourth-order valence-corrected chi connectivity index (χ4v) is 1.88. The Morgan fingerprint density at radius 2 is 1.79 bits per heavy atom. The molecule has 2 nitrogen and oxygen atoms in total. The number of rotatable bonds is 4. The summed E-state index contributed by atoms with van der Waals surface area (Å²) in [6.45, 7) is 2.18. The fraction of sp³-hybridized carbons (Fsp3) is 0.200. The first-order valence-corrected chi connectivity index (χ1v) is 5.98. The van der Waals surface area contributed by atoms with E-state index in [2.05, 4.69) is 0 Å². The highest BCUT2D eigenvalue weighted by molar-refractivity contribution is 5.28. The topological polar surface area (TPSA) is 35.2 Å². The first-order valence-electron chi connectivity index (χ1n) is 5.98. The fourth-order valence-electron chi connectivity index (χ4n) is 1.88. The smallest absolute Gasteiger partial charge is 0.136 e. The van der Waals surface area contributed by atoms with Crippen LogP contribution in [0.5, 0.6) is 5.75 Å². The van der Waals surface area contributed by atoms with Gasteiger partial charge in [-0.1, -0.05) is 29.8 Å². The molecule has 0 aliphatic rings. The minimum absolute atomic E-state index is 0.134. The maximum atomic E-state index is 13.1. The molecule has 1 unspecified atom stereocenters. The van der Waals surface area contributed by atoms with Crippen LogP contribution >= 0.6 is 0 Å². The van der Waals surface area contributed by atoms with E-state index in [0.29, 0.717) is 0 Å². The average molecular weight is 263 g/mol. The molecular formula is C15H15F2NO. The van der Waals surface area contributed by atoms with E-state index in [0.717, 1.165) is 29.3 Å². The lowest BCUT2D eigenvalue weighted by Crippen LogP contribution is -2.18. The summed E-state index contributed by atoms with van der Waals surface area (Å²) in [4.78, 5) is 0. The second-order valence-corrected chi connectivity index (χ2v) is 4.36. The van der Waals surface area contributed by atoms with Gasteiger partial charge in [-0.3, -0.25) is 0 Å². The summed E-state index contributed by atoms with van der Waals surface area (Å²) in [5.41, 5.74) is 7.62. The highest BCUT2D eigenvalue weighted by Crippen LogP contribution is 2.23. The van der Waals surface area contributed by atoms with E-state index in [9.17, 15) is 8.78 Å². The molecule has 2 N–H and O–H groups in total. The van der Waals surface area contributed by atoms with Gasteiger partial charge in [-0.15, -0.1) is 0 Å². The average Bonchev–Trinajstić information content (AvgIpc) is 2.34. The van der Waals surface area contributed by atoms with Crippen LogP contribution in [-0.4, -0.2) is 6.54 Å². The van der Waals surface area contributed by atoms with Gasteiger partial charge in [-0.25, -0.2) is 8.78 Å². The van der Waals surface area contributed by atoms with Crippen molar-refractivity contribution in [1.29, 1.82) is 0 Å². The van der Waals surface area contributed by atoms with Crippen molar-refractivity contribution < 1.29 is 13.5 Å². The molecule has 0 spiro atoms. The maximum Gasteiger partial charge on any atom is 0.136 e. The molecule has 0 aliphatic heterocycles. The van der Waals surface area contributed by atoms with E-state index in [-0.39, 0.29) is 12.3 Å². The Morgan fingerprint density at radius 3 is 2.37 bits per heavy atom. The third kappa shape index (κ3) is 3.51. The summed E-state index contributed by atoms with van der Waals surface area (Å²) in [5.74, 6) is -1.21. The lowest BCUT2D eigenvalue weighted by molar-refractivity contribution is 0.212. The number of hydrogen-bond acceptors (Lipinski definition) is 2. The Morgan fingerprint density at radius 1 is 1.11 bits per heavy atom. The highest BCUT2D eigenvalue weighted by atomic mass is 19.1. The summed E-state index contributed by atoms with van der Waals surface area (Å²) >= 11 is 0. The third-order valence-corrected chi connectivity index (χ3v) is 2.74. The van der Waals surface area contributed by atoms with E-state index in [1.54, 1.807) is 0 Å². The van der Waals surface area contributed by atoms with Crippen molar-refractivity contribution in [3.8, 4) is 5.75 Å². The molecule has 19 heavy (non-hydrogen) atoms. The van der Waals surface area contributed by atoms with Crippen LogP contribution in [0.3, 0.4) is 0 Å². The SMILES string of the molecule is Cc1cccc(C(CN)Oc2cc(F)cc(F)c2)c1. The first-order chi connectivity index (χ1) is 9.08. The predicted molar refractivity (Wildman–Crippen MR) is 70.0 cm³/mol. The summed E-state index contributed by atoms with van der Waals surface area (Å²) in [6.07, 6.45) is -0.430. The van der Waals surface area contributed by atoms with E-state index < -0.39 is 17.7 Å². The van der Waals surface area contributed by atoms with E-state index in [1.807, 2.05) is 31.2 Å². The molecule has 0 bridgehead atoms. The largest absolute Gasteiger partial charge is 0.484 e. The van der Waals surface area contributed by atoms with Gasteiger partial charge in [-0.2, -0.15) is 0 Å². The van der Waals surface area contributed by atoms with Gasteiger partial charge in [0, 0.05) is 24.7 Å². The van der Waals surface area contributed by atoms with Gasteiger partial charge in [0.1, 0.15) is 23.5 Å². The molecule has 0 fully saturated rings. The maximum absolute atomic E-state index is 13.1. The number of benzene rings is 2. The molecule has 2 aromatic rings. The Labute approximate surface area is 110 Å². The standard InChI is InChI=1S/C15H15F2NO/c1-10-3-2-4-11(5-10)15(9-18)19-14-7-12(16)6-13(17)8-14/h2-8,15H,9,18H2,1H3. The number of ether oxygens (including phenoxy) is 1. The van der Waals surface area contributed by atoms with Crippen molar-refractivity contribution in [2.75, 3.05) is 6.54 Å². The van der Waals surface area contributed by atoms with Gasteiger partial charge in [0.15, 0.2) is 0 Å². The Kier molecular flexibility index (Phi) is 4.12. The number of aryl methyl sites for hydroxylation is 1. The van der Waals surface area contributed by atoms with Gasteiger partial charge in [0.2, 0.25) is 0 Å². The molecule has 2 rings (SSSR count). The molecule has 100 valence electrons. The second kappa shape index (κ2) is 5.80. The van der Waals surface area contributed by atoms with Gasteiger partial charge >= 0.3 is 0 Å². The monoisotopic (exact) mass is 263 g/mol. The van der Waals surface area contributed by atoms with Gasteiger partial charge in [-0.05, 0) is 12.5 Å². The highest BCUT2D eigenvalue weighted by Gasteiger charge is 2.13. The third-order valence-electron chi connectivity index (χ3n) is 2.74. The quantitative estimate of drug-likeness (QED) is 0.918. The Balaban J connectivity index is 2.23. The molecule has 4 heteroatoms. The molecule has 0 amide bonds. The minimum Gasteiger partial charge on any atom is -0.484 e. The Hall–Kier alpha value is -1.94. The van der Waals surface area contributed by atoms with Gasteiger partial charge < -0.3 is 10.5 Å². The molecule has 0 radical (unpaired) electrons. The van der Waals surface area contributed by atoms with Crippen molar-refractivity contribution in [3.63, 3.8) is 0 Å². The van der Waals surface area contributed by atoms with E-state index in [4.69, 9.17) is 10.5 Å². The van der Waals surface area contributed by atoms with Crippen LogP contribution in [0.2, 0.25) is 0 Å². The molecule has 1 atom stereocenters. The molecule has 2 aromatic carbocycles. The van der Waals surface area contributed by atoms with Crippen LogP contribution in [0.25, 0.3) is 0 Å². The molecule has 0 saturated heterocycles. The summed E-state index contributed by atoms with van der Waals surface area (Å²) in [7, 11) is 0. The normalized spacial score (nSPS) is 12.2. The van der Waals surface area contributed by atoms with Gasteiger partial charge in [0.25, 0.3) is 0 Å². The molecular weight excluding hydrogens is 248 g/mol. The van der Waals surface area contributed by atoms with Crippen LogP contribution in [0.4, 0.5) is 8.78 Å². The molecule has 0 aliphatic carbocycles. The Bertz CT molecular complexity index is 552. The van der Waals surface area contributed by atoms with Crippen LogP contribution in [0.1, 0.15) is 17.2 Å². The zero-order valence-electron chi connectivity index (χ0n) is 10.6. The second-order valence-electron chi connectivity index (χ2n) is 4.36. The number of hydrogen-bond donors (Lipinski definition) is 1. The summed E-state index contributed by atoms with van der Waals surface area (Å²) in [5, 5.41) is 0. The van der Waals surface area contributed by atoms with E-state index >= 15 is 0 Å². The zero-order chi connectivity index (χ0) is 13.8. The van der Waals surface area contributed by atoms with Crippen LogP contribution < -0.4 is 10.5 Å².